The highest BCUT2D eigenvalue weighted by atomic mass is 79.9. The van der Waals surface area contributed by atoms with Crippen LogP contribution in [0.25, 0.3) is 0 Å². The Labute approximate surface area is 151 Å². The molecule has 132 valence electrons. The summed E-state index contributed by atoms with van der Waals surface area (Å²) < 4.78 is 54.2. The molecule has 0 unspecified atom stereocenters. The summed E-state index contributed by atoms with van der Waals surface area (Å²) in [5.41, 5.74) is 1.02. The van der Waals surface area contributed by atoms with Crippen molar-refractivity contribution in [2.45, 2.75) is 18.2 Å². The van der Waals surface area contributed by atoms with Gasteiger partial charge in [0.1, 0.15) is 5.82 Å². The third kappa shape index (κ3) is 3.38. The van der Waals surface area contributed by atoms with Gasteiger partial charge in [-0.3, -0.25) is 9.52 Å². The zero-order valence-corrected chi connectivity index (χ0v) is 15.4. The second-order valence-corrected chi connectivity index (χ2v) is 8.10. The highest BCUT2D eigenvalue weighted by molar-refractivity contribution is 9.10. The fourth-order valence-corrected chi connectivity index (χ4v) is 4.48. The topological polar surface area (TPSA) is 66.5 Å². The molecule has 0 aliphatic carbocycles. The summed E-state index contributed by atoms with van der Waals surface area (Å²) in [5, 5.41) is 0. The molecule has 0 saturated heterocycles. The molecule has 1 heterocycles. The number of hydrogen-bond acceptors (Lipinski definition) is 3. The SMILES string of the molecule is CC(=O)N1CCc2cc(S(=O)(=O)Nc3c(F)cc(F)cc3Br)ccc21. The fraction of sp³-hybridized carbons (Fsp3) is 0.188. The summed E-state index contributed by atoms with van der Waals surface area (Å²) >= 11 is 2.95. The average molecular weight is 431 g/mol. The van der Waals surface area contributed by atoms with Crippen molar-refractivity contribution in [3.05, 3.63) is 52.0 Å². The zero-order chi connectivity index (χ0) is 18.4. The van der Waals surface area contributed by atoms with Crippen LogP contribution in [0.3, 0.4) is 0 Å². The van der Waals surface area contributed by atoms with E-state index in [4.69, 9.17) is 0 Å². The van der Waals surface area contributed by atoms with Crippen LogP contribution in [0.1, 0.15) is 12.5 Å². The van der Waals surface area contributed by atoms with E-state index in [9.17, 15) is 22.0 Å². The maximum atomic E-state index is 13.9. The highest BCUT2D eigenvalue weighted by Gasteiger charge is 2.25. The molecule has 3 rings (SSSR count). The van der Waals surface area contributed by atoms with E-state index < -0.39 is 21.7 Å². The number of amides is 1. The standard InChI is InChI=1S/C16H13BrF2N2O3S/c1-9(22)21-5-4-10-6-12(2-3-15(10)21)25(23,24)20-16-13(17)7-11(18)8-14(16)19/h2-3,6-8,20H,4-5H2,1H3. The number of halogens is 3. The molecular formula is C16H13BrF2N2O3S. The fourth-order valence-electron chi connectivity index (χ4n) is 2.71. The lowest BCUT2D eigenvalue weighted by molar-refractivity contribution is -0.116. The Kier molecular flexibility index (Phi) is 4.54. The molecule has 1 aliphatic rings. The summed E-state index contributed by atoms with van der Waals surface area (Å²) in [7, 11) is -4.08. The first-order valence-electron chi connectivity index (χ1n) is 7.27. The summed E-state index contributed by atoms with van der Waals surface area (Å²) in [6.45, 7) is 1.93. The first-order chi connectivity index (χ1) is 11.7. The molecule has 9 heteroatoms. The number of fused-ring (bicyclic) bond motifs is 1. The van der Waals surface area contributed by atoms with Crippen molar-refractivity contribution in [2.75, 3.05) is 16.2 Å². The van der Waals surface area contributed by atoms with Gasteiger partial charge in [0.25, 0.3) is 10.0 Å². The number of anilines is 2. The van der Waals surface area contributed by atoms with Crippen molar-refractivity contribution >= 4 is 43.2 Å². The van der Waals surface area contributed by atoms with Crippen LogP contribution in [0.2, 0.25) is 0 Å². The zero-order valence-electron chi connectivity index (χ0n) is 13.0. The number of rotatable bonds is 3. The van der Waals surface area contributed by atoms with E-state index in [1.54, 1.807) is 11.0 Å². The lowest BCUT2D eigenvalue weighted by Crippen LogP contribution is -2.25. The van der Waals surface area contributed by atoms with Crippen molar-refractivity contribution in [2.24, 2.45) is 0 Å². The number of sulfonamides is 1. The minimum Gasteiger partial charge on any atom is -0.312 e. The maximum Gasteiger partial charge on any atom is 0.262 e. The second-order valence-electron chi connectivity index (χ2n) is 5.56. The molecule has 0 fully saturated rings. The van der Waals surface area contributed by atoms with Gasteiger partial charge in [0.05, 0.1) is 10.6 Å². The number of carbonyl (C=O) groups is 1. The number of nitrogens with one attached hydrogen (secondary N) is 1. The number of hydrogen-bond donors (Lipinski definition) is 1. The number of benzene rings is 2. The van der Waals surface area contributed by atoms with Crippen molar-refractivity contribution in [3.8, 4) is 0 Å². The van der Waals surface area contributed by atoms with E-state index in [0.29, 0.717) is 24.7 Å². The molecule has 0 saturated carbocycles. The van der Waals surface area contributed by atoms with Crippen molar-refractivity contribution in [1.82, 2.24) is 0 Å². The molecule has 1 N–H and O–H groups in total. The predicted octanol–water partition coefficient (Wildman–Crippen LogP) is 3.44. The summed E-state index contributed by atoms with van der Waals surface area (Å²) in [5.74, 6) is -1.97. The molecule has 2 aromatic carbocycles. The molecule has 25 heavy (non-hydrogen) atoms. The van der Waals surface area contributed by atoms with Gasteiger partial charge in [-0.25, -0.2) is 17.2 Å². The molecule has 2 aromatic rings. The van der Waals surface area contributed by atoms with Gasteiger partial charge in [0.2, 0.25) is 5.91 Å². The highest BCUT2D eigenvalue weighted by Crippen LogP contribution is 2.32. The first-order valence-corrected chi connectivity index (χ1v) is 9.55. The molecular weight excluding hydrogens is 418 g/mol. The van der Waals surface area contributed by atoms with Crippen molar-refractivity contribution < 1.29 is 22.0 Å². The van der Waals surface area contributed by atoms with Gasteiger partial charge in [-0.2, -0.15) is 0 Å². The van der Waals surface area contributed by atoms with Gasteiger partial charge in [0.15, 0.2) is 5.82 Å². The Bertz CT molecular complexity index is 956. The van der Waals surface area contributed by atoms with Crippen LogP contribution < -0.4 is 9.62 Å². The molecule has 0 spiro atoms. The minimum absolute atomic E-state index is 0.0440. The molecule has 1 aliphatic heterocycles. The normalized spacial score (nSPS) is 13.7. The summed E-state index contributed by atoms with van der Waals surface area (Å²) in [4.78, 5) is 13.1. The molecule has 0 bridgehead atoms. The van der Waals surface area contributed by atoms with Crippen molar-refractivity contribution in [1.29, 1.82) is 0 Å². The van der Waals surface area contributed by atoms with Crippen molar-refractivity contribution in [3.63, 3.8) is 0 Å². The Hall–Kier alpha value is -2.00. The van der Waals surface area contributed by atoms with E-state index in [-0.39, 0.29) is 21.0 Å². The van der Waals surface area contributed by atoms with Crippen LogP contribution in [-0.4, -0.2) is 20.9 Å². The Morgan fingerprint density at radius 3 is 2.60 bits per heavy atom. The summed E-state index contributed by atoms with van der Waals surface area (Å²) in [6.07, 6.45) is 0.535. The third-order valence-corrected chi connectivity index (χ3v) is 5.85. The minimum atomic E-state index is -4.08. The maximum absolute atomic E-state index is 13.9. The first kappa shape index (κ1) is 17.8. The Morgan fingerprint density at radius 2 is 1.96 bits per heavy atom. The van der Waals surface area contributed by atoms with Crippen LogP contribution >= 0.6 is 15.9 Å². The van der Waals surface area contributed by atoms with Gasteiger partial charge >= 0.3 is 0 Å². The Balaban J connectivity index is 1.96. The van der Waals surface area contributed by atoms with Crippen LogP contribution in [-0.2, 0) is 21.2 Å². The number of nitrogens with zero attached hydrogens (tertiary/aromatic N) is 1. The smallest absolute Gasteiger partial charge is 0.262 e. The third-order valence-electron chi connectivity index (χ3n) is 3.88. The number of carbonyl (C=O) groups excluding carboxylic acids is 1. The van der Waals surface area contributed by atoms with E-state index in [1.165, 1.54) is 19.1 Å². The monoisotopic (exact) mass is 430 g/mol. The Morgan fingerprint density at radius 1 is 1.24 bits per heavy atom. The molecule has 0 aromatic heterocycles. The second kappa shape index (κ2) is 6.38. The molecule has 0 atom stereocenters. The molecule has 0 radical (unpaired) electrons. The molecule has 1 amide bonds. The van der Waals surface area contributed by atoms with E-state index >= 15 is 0 Å². The van der Waals surface area contributed by atoms with E-state index in [1.807, 2.05) is 0 Å². The van der Waals surface area contributed by atoms with Crippen LogP contribution in [0, 0.1) is 11.6 Å². The van der Waals surface area contributed by atoms with Crippen LogP contribution in [0.4, 0.5) is 20.2 Å². The van der Waals surface area contributed by atoms with E-state index in [2.05, 4.69) is 20.7 Å². The van der Waals surface area contributed by atoms with Gasteiger partial charge in [-0.15, -0.1) is 0 Å². The largest absolute Gasteiger partial charge is 0.312 e. The van der Waals surface area contributed by atoms with E-state index in [0.717, 1.165) is 11.6 Å². The molecule has 5 nitrogen and oxygen atoms in total. The van der Waals surface area contributed by atoms with Gasteiger partial charge in [-0.05, 0) is 52.2 Å². The van der Waals surface area contributed by atoms with Gasteiger partial charge in [0, 0.05) is 29.7 Å². The average Bonchev–Trinajstić information content (AvgIpc) is 2.94. The van der Waals surface area contributed by atoms with Crippen LogP contribution in [0.5, 0.6) is 0 Å². The van der Waals surface area contributed by atoms with Gasteiger partial charge in [-0.1, -0.05) is 0 Å². The quantitative estimate of drug-likeness (QED) is 0.810. The predicted molar refractivity (Wildman–Crippen MR) is 93.0 cm³/mol. The van der Waals surface area contributed by atoms with Gasteiger partial charge < -0.3 is 4.90 Å². The lowest BCUT2D eigenvalue weighted by Gasteiger charge is -2.15. The lowest BCUT2D eigenvalue weighted by atomic mass is 10.2. The summed E-state index contributed by atoms with van der Waals surface area (Å²) in [6, 6.07) is 5.91. The van der Waals surface area contributed by atoms with Crippen LogP contribution in [0.15, 0.2) is 39.7 Å².